The molecule has 1 aliphatic rings. The van der Waals surface area contributed by atoms with Crippen molar-refractivity contribution in [3.8, 4) is 22.6 Å². The minimum atomic E-state index is -0.0904. The van der Waals surface area contributed by atoms with E-state index in [1.807, 2.05) is 16.9 Å². The Morgan fingerprint density at radius 3 is 2.90 bits per heavy atom. The molecule has 202 valence electrons. The third-order valence-corrected chi connectivity index (χ3v) is 6.90. The van der Waals surface area contributed by atoms with Crippen molar-refractivity contribution in [2.75, 3.05) is 18.5 Å². The van der Waals surface area contributed by atoms with Crippen molar-refractivity contribution in [3.63, 3.8) is 0 Å². The lowest BCUT2D eigenvalue weighted by Gasteiger charge is -2.22. The highest BCUT2D eigenvalue weighted by atomic mass is 16.7. The van der Waals surface area contributed by atoms with E-state index in [-0.39, 0.29) is 12.3 Å². The molecule has 0 bridgehead atoms. The topological polar surface area (TPSA) is 121 Å². The van der Waals surface area contributed by atoms with Gasteiger partial charge in [0, 0.05) is 60.6 Å². The fraction of sp³-hybridized carbons (Fsp3) is 0.393. The summed E-state index contributed by atoms with van der Waals surface area (Å²) in [6.07, 6.45) is 14.5. The van der Waals surface area contributed by atoms with Crippen molar-refractivity contribution in [1.82, 2.24) is 39.5 Å². The molecule has 5 aromatic rings. The third-order valence-electron chi connectivity index (χ3n) is 6.90. The molecule has 0 aliphatic carbocycles. The van der Waals surface area contributed by atoms with Crippen LogP contribution in [0.5, 0.6) is 0 Å². The first-order valence-electron chi connectivity index (χ1n) is 13.4. The van der Waals surface area contributed by atoms with Crippen LogP contribution in [0.1, 0.15) is 44.7 Å². The zero-order valence-corrected chi connectivity index (χ0v) is 22.5. The summed E-state index contributed by atoms with van der Waals surface area (Å²) in [6, 6.07) is 4.14. The summed E-state index contributed by atoms with van der Waals surface area (Å²) < 4.78 is 15.8. The highest BCUT2D eigenvalue weighted by Gasteiger charge is 2.19. The summed E-state index contributed by atoms with van der Waals surface area (Å²) in [7, 11) is 0. The average molecular weight is 528 g/mol. The molecular weight excluding hydrogens is 494 g/mol. The SMILES string of the molecule is Cc1cn(CCOC2CCCCO2)nc1-c1cn(C(C)C)c2cc(Nc3ccnc(-c4cn[nH]c4)n3)ncc12. The van der Waals surface area contributed by atoms with E-state index >= 15 is 0 Å². The molecule has 1 atom stereocenters. The Morgan fingerprint density at radius 1 is 1.18 bits per heavy atom. The van der Waals surface area contributed by atoms with Crippen LogP contribution >= 0.6 is 0 Å². The smallest absolute Gasteiger partial charge is 0.164 e. The number of hydrogen-bond acceptors (Lipinski definition) is 8. The monoisotopic (exact) mass is 527 g/mol. The number of aromatic amines is 1. The molecule has 11 nitrogen and oxygen atoms in total. The first-order valence-corrected chi connectivity index (χ1v) is 13.4. The van der Waals surface area contributed by atoms with Crippen LogP contribution in [0.4, 0.5) is 11.6 Å². The molecule has 0 amide bonds. The van der Waals surface area contributed by atoms with Crippen molar-refractivity contribution in [3.05, 3.63) is 54.9 Å². The molecule has 0 aromatic carbocycles. The molecule has 5 aromatic heterocycles. The van der Waals surface area contributed by atoms with E-state index in [1.165, 1.54) is 0 Å². The van der Waals surface area contributed by atoms with E-state index in [9.17, 15) is 0 Å². The molecule has 0 spiro atoms. The van der Waals surface area contributed by atoms with Crippen molar-refractivity contribution >= 4 is 22.5 Å². The second kappa shape index (κ2) is 11.0. The number of anilines is 2. The minimum Gasteiger partial charge on any atom is -0.353 e. The predicted octanol–water partition coefficient (Wildman–Crippen LogP) is 5.26. The summed E-state index contributed by atoms with van der Waals surface area (Å²) in [4.78, 5) is 13.7. The van der Waals surface area contributed by atoms with Crippen molar-refractivity contribution in [1.29, 1.82) is 0 Å². The van der Waals surface area contributed by atoms with Crippen LogP contribution in [0.2, 0.25) is 0 Å². The second-order valence-electron chi connectivity index (χ2n) is 10.1. The number of pyridine rings is 1. The number of H-pyrrole nitrogens is 1. The Labute approximate surface area is 226 Å². The summed E-state index contributed by atoms with van der Waals surface area (Å²) in [6.45, 7) is 8.48. The zero-order valence-electron chi connectivity index (χ0n) is 22.5. The highest BCUT2D eigenvalue weighted by Crippen LogP contribution is 2.34. The molecule has 1 saturated heterocycles. The van der Waals surface area contributed by atoms with Gasteiger partial charge in [-0.25, -0.2) is 15.0 Å². The van der Waals surface area contributed by atoms with Crippen LogP contribution in [0, 0.1) is 6.92 Å². The number of fused-ring (bicyclic) bond motifs is 1. The van der Waals surface area contributed by atoms with E-state index in [2.05, 4.69) is 69.3 Å². The number of aryl methyl sites for hydroxylation is 1. The number of nitrogens with zero attached hydrogens (tertiary/aromatic N) is 7. The van der Waals surface area contributed by atoms with Crippen molar-refractivity contribution < 1.29 is 9.47 Å². The van der Waals surface area contributed by atoms with Crippen molar-refractivity contribution in [2.45, 2.75) is 58.9 Å². The summed E-state index contributed by atoms with van der Waals surface area (Å²) in [5, 5.41) is 16.1. The fourth-order valence-electron chi connectivity index (χ4n) is 4.92. The van der Waals surface area contributed by atoms with Crippen LogP contribution in [-0.4, -0.2) is 59.0 Å². The third kappa shape index (κ3) is 5.41. The second-order valence-corrected chi connectivity index (χ2v) is 10.1. The van der Waals surface area contributed by atoms with Gasteiger partial charge in [0.25, 0.3) is 0 Å². The zero-order chi connectivity index (χ0) is 26.8. The Balaban J connectivity index is 1.24. The maximum Gasteiger partial charge on any atom is 0.164 e. The molecule has 2 N–H and O–H groups in total. The Morgan fingerprint density at radius 2 is 2.10 bits per heavy atom. The van der Waals surface area contributed by atoms with Gasteiger partial charge in [0.05, 0.1) is 36.1 Å². The van der Waals surface area contributed by atoms with Gasteiger partial charge >= 0.3 is 0 Å². The van der Waals surface area contributed by atoms with Gasteiger partial charge in [0.15, 0.2) is 12.1 Å². The molecule has 1 unspecified atom stereocenters. The molecule has 39 heavy (non-hydrogen) atoms. The highest BCUT2D eigenvalue weighted by molar-refractivity contribution is 5.96. The van der Waals surface area contributed by atoms with Crippen LogP contribution in [-0.2, 0) is 16.0 Å². The summed E-state index contributed by atoms with van der Waals surface area (Å²) in [5.74, 6) is 1.95. The molecule has 11 heteroatoms. The maximum absolute atomic E-state index is 5.92. The molecule has 6 heterocycles. The number of rotatable bonds is 9. The summed E-state index contributed by atoms with van der Waals surface area (Å²) >= 11 is 0. The van der Waals surface area contributed by atoms with Gasteiger partial charge in [-0.3, -0.25) is 9.78 Å². The number of ether oxygens (including phenoxy) is 2. The molecule has 1 fully saturated rings. The first kappa shape index (κ1) is 25.2. The van der Waals surface area contributed by atoms with E-state index in [0.29, 0.717) is 30.6 Å². The predicted molar refractivity (Wildman–Crippen MR) is 149 cm³/mol. The van der Waals surface area contributed by atoms with Gasteiger partial charge in [-0.1, -0.05) is 0 Å². The van der Waals surface area contributed by atoms with Crippen LogP contribution < -0.4 is 5.32 Å². The molecule has 6 rings (SSSR count). The lowest BCUT2D eigenvalue weighted by atomic mass is 10.1. The van der Waals surface area contributed by atoms with Crippen LogP contribution in [0.15, 0.2) is 49.3 Å². The number of nitrogens with one attached hydrogen (secondary N) is 2. The minimum absolute atomic E-state index is 0.0904. The van der Waals surface area contributed by atoms with Gasteiger partial charge in [-0.15, -0.1) is 0 Å². The van der Waals surface area contributed by atoms with Gasteiger partial charge in [-0.2, -0.15) is 10.2 Å². The van der Waals surface area contributed by atoms with E-state index < -0.39 is 0 Å². The normalized spacial score (nSPS) is 15.8. The van der Waals surface area contributed by atoms with E-state index in [4.69, 9.17) is 19.6 Å². The molecule has 1 aliphatic heterocycles. The Kier molecular flexibility index (Phi) is 7.08. The van der Waals surface area contributed by atoms with E-state index in [0.717, 1.165) is 59.2 Å². The largest absolute Gasteiger partial charge is 0.353 e. The molecular formula is C28H33N9O2. The van der Waals surface area contributed by atoms with Gasteiger partial charge in [0.1, 0.15) is 11.6 Å². The van der Waals surface area contributed by atoms with Gasteiger partial charge in [0.2, 0.25) is 0 Å². The molecule has 0 saturated carbocycles. The fourth-order valence-corrected chi connectivity index (χ4v) is 4.92. The number of aromatic nitrogens is 8. The standard InChI is InChI=1S/C28H33N9O2/c1-18(2)37-17-22(27-19(3)16-36(35-27)9-11-39-26-6-4-5-10-38-26)21-15-30-25(12-23(21)37)33-24-7-8-29-28(34-24)20-13-31-32-14-20/h7-8,12-18,26H,4-6,9-11H2,1-3H3,(H,31,32)(H,29,30,33,34). The first-order chi connectivity index (χ1) is 19.0. The average Bonchev–Trinajstić information content (AvgIpc) is 3.68. The Bertz CT molecular complexity index is 1550. The van der Waals surface area contributed by atoms with Gasteiger partial charge in [-0.05, 0) is 51.7 Å². The lowest BCUT2D eigenvalue weighted by Crippen LogP contribution is -2.24. The maximum atomic E-state index is 5.92. The van der Waals surface area contributed by atoms with Gasteiger partial charge < -0.3 is 19.4 Å². The Hall–Kier alpha value is -4.09. The van der Waals surface area contributed by atoms with E-state index in [1.54, 1.807) is 18.6 Å². The van der Waals surface area contributed by atoms with Crippen molar-refractivity contribution in [2.24, 2.45) is 0 Å². The number of hydrogen-bond donors (Lipinski definition) is 2. The quantitative estimate of drug-likeness (QED) is 0.266. The van der Waals surface area contributed by atoms with Crippen LogP contribution in [0.25, 0.3) is 33.5 Å². The van der Waals surface area contributed by atoms with Crippen LogP contribution in [0.3, 0.4) is 0 Å². The summed E-state index contributed by atoms with van der Waals surface area (Å²) in [5.41, 5.74) is 5.03. The lowest BCUT2D eigenvalue weighted by molar-refractivity contribution is -0.163. The molecule has 0 radical (unpaired) electrons.